The Bertz CT molecular complexity index is 1040. The molecule has 168 valence electrons. The van der Waals surface area contributed by atoms with Gasteiger partial charge in [-0.3, -0.25) is 0 Å². The van der Waals surface area contributed by atoms with Crippen molar-refractivity contribution < 1.29 is 9.84 Å². The summed E-state index contributed by atoms with van der Waals surface area (Å²) in [5.74, 6) is 0.644. The Labute approximate surface area is 202 Å². The number of aliphatic hydroxyl groups excluding tert-OH is 1. The molecule has 32 heavy (non-hydrogen) atoms. The molecular formula is C25H27ClN2O2S2. The predicted octanol–water partition coefficient (Wildman–Crippen LogP) is 5.88. The van der Waals surface area contributed by atoms with Gasteiger partial charge in [0.2, 0.25) is 5.88 Å². The zero-order valence-electron chi connectivity index (χ0n) is 17.7. The number of pyridine rings is 1. The number of hydrogen-bond donors (Lipinski definition) is 2. The fourth-order valence-electron chi connectivity index (χ4n) is 4.71. The lowest BCUT2D eigenvalue weighted by Gasteiger charge is -2.41. The third-order valence-corrected chi connectivity index (χ3v) is 8.89. The highest BCUT2D eigenvalue weighted by molar-refractivity contribution is 8.00. The number of aromatic nitrogens is 1. The minimum absolute atomic E-state index is 0.0422. The van der Waals surface area contributed by atoms with E-state index in [-0.39, 0.29) is 17.7 Å². The first-order chi connectivity index (χ1) is 15.6. The van der Waals surface area contributed by atoms with E-state index in [1.165, 1.54) is 5.56 Å². The van der Waals surface area contributed by atoms with Crippen LogP contribution in [0.1, 0.15) is 43.4 Å². The largest absolute Gasteiger partial charge is 0.474 e. The molecule has 1 aliphatic carbocycles. The fraction of sp³-hybridized carbons (Fsp3) is 0.400. The molecule has 4 atom stereocenters. The van der Waals surface area contributed by atoms with Crippen LogP contribution in [-0.2, 0) is 5.54 Å². The Morgan fingerprint density at radius 1 is 1.12 bits per heavy atom. The van der Waals surface area contributed by atoms with Crippen LogP contribution in [0.2, 0.25) is 5.02 Å². The summed E-state index contributed by atoms with van der Waals surface area (Å²) in [7, 11) is 0. The van der Waals surface area contributed by atoms with Crippen molar-refractivity contribution in [3.8, 4) is 5.88 Å². The molecule has 2 aliphatic rings. The third-order valence-electron chi connectivity index (χ3n) is 6.42. The molecule has 2 N–H and O–H groups in total. The zero-order chi connectivity index (χ0) is 22.0. The number of thiophene rings is 1. The molecule has 4 nitrogen and oxygen atoms in total. The van der Waals surface area contributed by atoms with Gasteiger partial charge in [0.25, 0.3) is 0 Å². The molecule has 1 saturated heterocycles. The quantitative estimate of drug-likeness (QED) is 0.456. The van der Waals surface area contributed by atoms with Gasteiger partial charge >= 0.3 is 0 Å². The lowest BCUT2D eigenvalue weighted by Crippen LogP contribution is -2.50. The van der Waals surface area contributed by atoms with Gasteiger partial charge < -0.3 is 15.2 Å². The molecule has 0 radical (unpaired) electrons. The second-order valence-corrected chi connectivity index (χ2v) is 11.1. The average molecular weight is 487 g/mol. The molecule has 1 aliphatic heterocycles. The van der Waals surface area contributed by atoms with Crippen molar-refractivity contribution in [1.29, 1.82) is 0 Å². The van der Waals surface area contributed by atoms with Gasteiger partial charge in [0.1, 0.15) is 6.10 Å². The highest BCUT2D eigenvalue weighted by Gasteiger charge is 2.40. The van der Waals surface area contributed by atoms with Crippen molar-refractivity contribution in [2.75, 3.05) is 6.54 Å². The van der Waals surface area contributed by atoms with Crippen molar-refractivity contribution in [3.05, 3.63) is 75.6 Å². The summed E-state index contributed by atoms with van der Waals surface area (Å²) in [5, 5.41) is 19.3. The van der Waals surface area contributed by atoms with Crippen LogP contribution < -0.4 is 10.1 Å². The van der Waals surface area contributed by atoms with Crippen LogP contribution in [-0.4, -0.2) is 34.1 Å². The van der Waals surface area contributed by atoms with Crippen molar-refractivity contribution >= 4 is 34.7 Å². The van der Waals surface area contributed by atoms with Gasteiger partial charge in [0.15, 0.2) is 0 Å². The molecule has 5 rings (SSSR count). The van der Waals surface area contributed by atoms with Crippen LogP contribution in [0.15, 0.2) is 64.2 Å². The number of thioether (sulfide) groups is 1. The van der Waals surface area contributed by atoms with Crippen LogP contribution in [0.3, 0.4) is 0 Å². The highest BCUT2D eigenvalue weighted by atomic mass is 35.5. The smallest absolute Gasteiger partial charge is 0.213 e. The summed E-state index contributed by atoms with van der Waals surface area (Å²) < 4.78 is 6.14. The maximum Gasteiger partial charge on any atom is 0.213 e. The Kier molecular flexibility index (Phi) is 6.76. The minimum Gasteiger partial charge on any atom is -0.474 e. The number of rotatable bonds is 6. The molecule has 2 fully saturated rings. The van der Waals surface area contributed by atoms with E-state index in [1.807, 2.05) is 42.1 Å². The number of nitrogens with one attached hydrogen (secondary N) is 1. The van der Waals surface area contributed by atoms with E-state index in [2.05, 4.69) is 34.3 Å². The number of hydrogen-bond acceptors (Lipinski definition) is 6. The van der Waals surface area contributed by atoms with Gasteiger partial charge in [-0.1, -0.05) is 29.8 Å². The number of benzene rings is 1. The summed E-state index contributed by atoms with van der Waals surface area (Å²) in [5.41, 5.74) is 1.92. The van der Waals surface area contributed by atoms with Crippen LogP contribution in [0.5, 0.6) is 5.88 Å². The second kappa shape index (κ2) is 9.74. The number of piperidine rings is 1. The summed E-state index contributed by atoms with van der Waals surface area (Å²) >= 11 is 9.95. The average Bonchev–Trinajstić information content (AvgIpc) is 3.49. The first-order valence-corrected chi connectivity index (χ1v) is 13.3. The van der Waals surface area contributed by atoms with Crippen LogP contribution in [0.4, 0.5) is 0 Å². The standard InChI is InChI=1S/C25H27ClN2O2S2/c26-21-4-1-2-5-22(21)32-20-10-12-25(27-15-20,17-11-13-31-16-17)23-6-3-7-24(28-23)30-19-9-8-18(29)14-19/h1-7,11,13,16,18-20,27,29H,8-10,12,14-15H2. The maximum atomic E-state index is 9.83. The molecule has 2 aromatic heterocycles. The van der Waals surface area contributed by atoms with Gasteiger partial charge in [0.05, 0.1) is 22.4 Å². The van der Waals surface area contributed by atoms with Gasteiger partial charge in [-0.2, -0.15) is 11.3 Å². The van der Waals surface area contributed by atoms with E-state index in [9.17, 15) is 5.11 Å². The molecule has 7 heteroatoms. The number of halogens is 1. The SMILES string of the molecule is OC1CCC(Oc2cccc(C3(c4ccsc4)CCC(Sc4ccccc4Cl)CN3)n2)C1. The van der Waals surface area contributed by atoms with E-state index in [0.29, 0.717) is 17.6 Å². The highest BCUT2D eigenvalue weighted by Crippen LogP contribution is 2.42. The van der Waals surface area contributed by atoms with Crippen molar-refractivity contribution in [1.82, 2.24) is 10.3 Å². The third kappa shape index (κ3) is 4.70. The number of aliphatic hydroxyl groups is 1. The lowest BCUT2D eigenvalue weighted by atomic mass is 9.80. The van der Waals surface area contributed by atoms with E-state index < -0.39 is 0 Å². The minimum atomic E-state index is -0.327. The molecule has 1 saturated carbocycles. The topological polar surface area (TPSA) is 54.4 Å². The van der Waals surface area contributed by atoms with Gasteiger partial charge in [-0.05, 0) is 66.3 Å². The maximum absolute atomic E-state index is 9.83. The monoisotopic (exact) mass is 486 g/mol. The summed E-state index contributed by atoms with van der Waals surface area (Å²) in [6.07, 6.45) is 4.15. The van der Waals surface area contributed by atoms with Crippen LogP contribution in [0, 0.1) is 0 Å². The van der Waals surface area contributed by atoms with Crippen molar-refractivity contribution in [3.63, 3.8) is 0 Å². The molecule has 1 aromatic carbocycles. The molecule has 0 bridgehead atoms. The number of ether oxygens (including phenoxy) is 1. The second-order valence-electron chi connectivity index (χ2n) is 8.58. The molecular weight excluding hydrogens is 460 g/mol. The van der Waals surface area contributed by atoms with E-state index >= 15 is 0 Å². The zero-order valence-corrected chi connectivity index (χ0v) is 20.1. The van der Waals surface area contributed by atoms with Gasteiger partial charge in [-0.25, -0.2) is 4.98 Å². The number of nitrogens with zero attached hydrogens (tertiary/aromatic N) is 1. The van der Waals surface area contributed by atoms with E-state index in [4.69, 9.17) is 21.3 Å². The van der Waals surface area contributed by atoms with E-state index in [0.717, 1.165) is 47.8 Å². The van der Waals surface area contributed by atoms with Crippen LogP contribution in [0.25, 0.3) is 0 Å². The van der Waals surface area contributed by atoms with Gasteiger partial charge in [-0.15, -0.1) is 11.8 Å². The van der Waals surface area contributed by atoms with Crippen LogP contribution >= 0.6 is 34.7 Å². The Hall–Kier alpha value is -1.57. The predicted molar refractivity (Wildman–Crippen MR) is 132 cm³/mol. The summed E-state index contributed by atoms with van der Waals surface area (Å²) in [6, 6.07) is 16.3. The van der Waals surface area contributed by atoms with Gasteiger partial charge in [0, 0.05) is 29.2 Å². The molecule has 4 unspecified atom stereocenters. The van der Waals surface area contributed by atoms with Crippen molar-refractivity contribution in [2.45, 2.75) is 60.0 Å². The molecule has 0 amide bonds. The lowest BCUT2D eigenvalue weighted by molar-refractivity contribution is 0.146. The Morgan fingerprint density at radius 3 is 2.75 bits per heavy atom. The fourth-order valence-corrected chi connectivity index (χ4v) is 6.81. The summed E-state index contributed by atoms with van der Waals surface area (Å²) in [4.78, 5) is 6.08. The molecule has 3 aromatic rings. The molecule has 3 heterocycles. The first-order valence-electron chi connectivity index (χ1n) is 11.1. The summed E-state index contributed by atoms with van der Waals surface area (Å²) in [6.45, 7) is 0.868. The Morgan fingerprint density at radius 2 is 2.03 bits per heavy atom. The van der Waals surface area contributed by atoms with Crippen molar-refractivity contribution in [2.24, 2.45) is 0 Å². The Balaban J connectivity index is 1.36. The normalized spacial score (nSPS) is 28.0. The van der Waals surface area contributed by atoms with E-state index in [1.54, 1.807) is 11.3 Å². The molecule has 0 spiro atoms. The first kappa shape index (κ1) is 22.2.